The van der Waals surface area contributed by atoms with Crippen molar-refractivity contribution < 1.29 is 4.79 Å². The molecule has 1 saturated heterocycles. The van der Waals surface area contributed by atoms with Gasteiger partial charge in [0.15, 0.2) is 0 Å². The predicted molar refractivity (Wildman–Crippen MR) is 117 cm³/mol. The third-order valence-electron chi connectivity index (χ3n) is 7.26. The summed E-state index contributed by atoms with van der Waals surface area (Å²) in [5, 5.41) is 3.25. The summed E-state index contributed by atoms with van der Waals surface area (Å²) in [7, 11) is 0. The molecule has 1 N–H and O–H groups in total. The van der Waals surface area contributed by atoms with Gasteiger partial charge < -0.3 is 15.1 Å². The summed E-state index contributed by atoms with van der Waals surface area (Å²) >= 11 is 0. The van der Waals surface area contributed by atoms with Crippen LogP contribution in [0.1, 0.15) is 84.0 Å². The highest BCUT2D eigenvalue weighted by molar-refractivity contribution is 5.90. The molecule has 0 unspecified atom stereocenters. The Labute approximate surface area is 170 Å². The summed E-state index contributed by atoms with van der Waals surface area (Å²) in [5.74, 6) is 0. The predicted octanol–water partition coefficient (Wildman–Crippen LogP) is 6.18. The summed E-state index contributed by atoms with van der Waals surface area (Å²) in [4.78, 5) is 18.2. The van der Waals surface area contributed by atoms with Crippen molar-refractivity contribution in [3.05, 3.63) is 24.3 Å². The summed E-state index contributed by atoms with van der Waals surface area (Å²) in [6.45, 7) is 4.63. The smallest absolute Gasteiger partial charge is 0.322 e. The lowest BCUT2D eigenvalue weighted by Crippen LogP contribution is -2.57. The largest absolute Gasteiger partial charge is 0.372 e. The number of anilines is 2. The Kier molecular flexibility index (Phi) is 6.13. The maximum Gasteiger partial charge on any atom is 0.322 e. The van der Waals surface area contributed by atoms with E-state index in [-0.39, 0.29) is 11.6 Å². The fourth-order valence-corrected chi connectivity index (χ4v) is 5.66. The lowest BCUT2D eigenvalue weighted by atomic mass is 9.79. The number of benzene rings is 1. The molecule has 0 atom stereocenters. The number of nitrogens with zero attached hydrogens (tertiary/aromatic N) is 2. The highest BCUT2D eigenvalue weighted by Crippen LogP contribution is 2.38. The van der Waals surface area contributed by atoms with Crippen LogP contribution in [0.2, 0.25) is 0 Å². The van der Waals surface area contributed by atoms with Crippen LogP contribution in [0.4, 0.5) is 16.2 Å². The molecule has 1 aliphatic heterocycles. The van der Waals surface area contributed by atoms with Crippen LogP contribution in [0, 0.1) is 0 Å². The zero-order chi connectivity index (χ0) is 19.4. The molecule has 4 rings (SSSR count). The molecule has 2 aliphatic carbocycles. The molecular weight excluding hydrogens is 346 g/mol. The molecule has 3 fully saturated rings. The number of carbonyl (C=O) groups is 1. The zero-order valence-corrected chi connectivity index (χ0v) is 17.6. The minimum atomic E-state index is 0.0137. The van der Waals surface area contributed by atoms with Gasteiger partial charge in [0.05, 0.1) is 0 Å². The van der Waals surface area contributed by atoms with Crippen molar-refractivity contribution in [2.24, 2.45) is 0 Å². The van der Waals surface area contributed by atoms with Crippen molar-refractivity contribution in [3.63, 3.8) is 0 Å². The first-order chi connectivity index (χ1) is 13.7. The van der Waals surface area contributed by atoms with Gasteiger partial charge in [-0.25, -0.2) is 4.79 Å². The molecule has 2 amide bonds. The summed E-state index contributed by atoms with van der Waals surface area (Å²) < 4.78 is 0. The van der Waals surface area contributed by atoms with Gasteiger partial charge in [-0.05, 0) is 69.7 Å². The lowest BCUT2D eigenvalue weighted by Gasteiger charge is -2.49. The van der Waals surface area contributed by atoms with E-state index in [0.717, 1.165) is 44.5 Å². The first-order valence-corrected chi connectivity index (χ1v) is 11.6. The quantitative estimate of drug-likeness (QED) is 0.674. The maximum absolute atomic E-state index is 13.5. The molecule has 2 saturated carbocycles. The molecule has 3 aliphatic rings. The molecule has 4 nitrogen and oxygen atoms in total. The van der Waals surface area contributed by atoms with Gasteiger partial charge in [-0.3, -0.25) is 0 Å². The van der Waals surface area contributed by atoms with Gasteiger partial charge in [0.2, 0.25) is 0 Å². The Hall–Kier alpha value is -1.71. The number of nitrogens with one attached hydrogen (secondary N) is 1. The van der Waals surface area contributed by atoms with E-state index in [1.165, 1.54) is 57.1 Å². The molecule has 0 bridgehead atoms. The number of amides is 2. The van der Waals surface area contributed by atoms with E-state index in [4.69, 9.17) is 0 Å². The average Bonchev–Trinajstić information content (AvgIpc) is 3.25. The maximum atomic E-state index is 13.5. The molecule has 1 aromatic carbocycles. The molecular formula is C24H37N3O. The van der Waals surface area contributed by atoms with Crippen LogP contribution in [0.3, 0.4) is 0 Å². The second-order valence-electron chi connectivity index (χ2n) is 9.39. The minimum absolute atomic E-state index is 0.0137. The van der Waals surface area contributed by atoms with Gasteiger partial charge in [-0.15, -0.1) is 0 Å². The Bertz CT molecular complexity index is 638. The van der Waals surface area contributed by atoms with Crippen LogP contribution >= 0.6 is 0 Å². The van der Waals surface area contributed by atoms with E-state index >= 15 is 0 Å². The third kappa shape index (κ3) is 4.31. The summed E-state index contributed by atoms with van der Waals surface area (Å²) in [6, 6.07) is 9.00. The molecule has 28 heavy (non-hydrogen) atoms. The van der Waals surface area contributed by atoms with Gasteiger partial charge in [0.25, 0.3) is 0 Å². The van der Waals surface area contributed by atoms with Gasteiger partial charge in [0, 0.05) is 36.0 Å². The van der Waals surface area contributed by atoms with Crippen molar-refractivity contribution >= 4 is 17.4 Å². The van der Waals surface area contributed by atoms with Crippen molar-refractivity contribution in [1.29, 1.82) is 0 Å². The van der Waals surface area contributed by atoms with E-state index in [1.54, 1.807) is 0 Å². The van der Waals surface area contributed by atoms with Crippen molar-refractivity contribution in [2.45, 2.75) is 95.6 Å². The Balaban J connectivity index is 1.48. The number of hydrogen-bond acceptors (Lipinski definition) is 2. The van der Waals surface area contributed by atoms with Gasteiger partial charge >= 0.3 is 6.03 Å². The molecule has 1 heterocycles. The van der Waals surface area contributed by atoms with Crippen LogP contribution in [-0.4, -0.2) is 35.6 Å². The number of carbonyl (C=O) groups excluding carboxylic acids is 1. The average molecular weight is 384 g/mol. The van der Waals surface area contributed by atoms with Crippen molar-refractivity contribution in [1.82, 2.24) is 4.90 Å². The monoisotopic (exact) mass is 383 g/mol. The molecule has 154 valence electrons. The van der Waals surface area contributed by atoms with E-state index in [1.807, 2.05) is 0 Å². The number of hydrogen-bond donors (Lipinski definition) is 1. The van der Waals surface area contributed by atoms with Gasteiger partial charge in [-0.1, -0.05) is 38.5 Å². The SMILES string of the molecule is CC1(N(C(=O)Nc2ccc(N3CCCC3)cc2)C2CCCCC2)CCCCC1. The molecule has 0 aromatic heterocycles. The highest BCUT2D eigenvalue weighted by atomic mass is 16.2. The molecule has 4 heteroatoms. The van der Waals surface area contributed by atoms with E-state index < -0.39 is 0 Å². The Morgan fingerprint density at radius 1 is 0.929 bits per heavy atom. The second kappa shape index (κ2) is 8.75. The van der Waals surface area contributed by atoms with E-state index in [0.29, 0.717) is 6.04 Å². The zero-order valence-electron chi connectivity index (χ0n) is 17.6. The fraction of sp³-hybridized carbons (Fsp3) is 0.708. The molecule has 0 radical (unpaired) electrons. The fourth-order valence-electron chi connectivity index (χ4n) is 5.66. The Morgan fingerprint density at radius 2 is 1.54 bits per heavy atom. The molecule has 0 spiro atoms. The normalized spacial score (nSPS) is 22.8. The standard InChI is InChI=1S/C24H37N3O/c1-24(16-6-3-7-17-24)27(22-10-4-2-5-11-22)23(28)25-20-12-14-21(15-13-20)26-18-8-9-19-26/h12-15,22H,2-11,16-19H2,1H3,(H,25,28). The first-order valence-electron chi connectivity index (χ1n) is 11.6. The number of urea groups is 1. The van der Waals surface area contributed by atoms with Crippen LogP contribution in [0.15, 0.2) is 24.3 Å². The number of rotatable bonds is 4. The van der Waals surface area contributed by atoms with Crippen LogP contribution in [0.5, 0.6) is 0 Å². The van der Waals surface area contributed by atoms with Crippen LogP contribution in [0.25, 0.3) is 0 Å². The van der Waals surface area contributed by atoms with Crippen molar-refractivity contribution in [2.75, 3.05) is 23.3 Å². The van der Waals surface area contributed by atoms with Crippen LogP contribution < -0.4 is 10.2 Å². The van der Waals surface area contributed by atoms with Gasteiger partial charge in [0.1, 0.15) is 0 Å². The molecule has 1 aromatic rings. The third-order valence-corrected chi connectivity index (χ3v) is 7.26. The lowest BCUT2D eigenvalue weighted by molar-refractivity contribution is 0.0513. The minimum Gasteiger partial charge on any atom is -0.372 e. The van der Waals surface area contributed by atoms with E-state index in [9.17, 15) is 4.79 Å². The first kappa shape index (κ1) is 19.6. The van der Waals surface area contributed by atoms with Crippen molar-refractivity contribution in [3.8, 4) is 0 Å². The second-order valence-corrected chi connectivity index (χ2v) is 9.39. The van der Waals surface area contributed by atoms with E-state index in [2.05, 4.69) is 46.3 Å². The summed E-state index contributed by atoms with van der Waals surface area (Å²) in [6.07, 6.45) is 14.8. The Morgan fingerprint density at radius 3 is 2.18 bits per heavy atom. The van der Waals surface area contributed by atoms with Gasteiger partial charge in [-0.2, -0.15) is 0 Å². The summed E-state index contributed by atoms with van der Waals surface area (Å²) in [5.41, 5.74) is 2.21. The topological polar surface area (TPSA) is 35.6 Å². The highest BCUT2D eigenvalue weighted by Gasteiger charge is 2.40. The van der Waals surface area contributed by atoms with Crippen LogP contribution in [-0.2, 0) is 0 Å².